The summed E-state index contributed by atoms with van der Waals surface area (Å²) in [6.07, 6.45) is 1.80. The van der Waals surface area contributed by atoms with Crippen molar-refractivity contribution >= 4 is 23.5 Å². The third kappa shape index (κ3) is 5.44. The zero-order valence-corrected chi connectivity index (χ0v) is 17.9. The van der Waals surface area contributed by atoms with Crippen molar-refractivity contribution in [3.8, 4) is 17.6 Å². The molecular formula is C24H22ClNO5. The summed E-state index contributed by atoms with van der Waals surface area (Å²) >= 11 is 5.36. The van der Waals surface area contributed by atoms with E-state index in [0.717, 1.165) is 0 Å². The van der Waals surface area contributed by atoms with E-state index in [1.165, 1.54) is 6.08 Å². The normalized spacial score (nSPS) is 19.8. The molecule has 0 amide bonds. The first-order valence-electron chi connectivity index (χ1n) is 9.70. The highest BCUT2D eigenvalue weighted by Gasteiger charge is 2.61. The molecule has 6 nitrogen and oxygen atoms in total. The lowest BCUT2D eigenvalue weighted by atomic mass is 10.1. The number of allylic oxidation sites excluding steroid dienone is 1. The molecule has 1 saturated carbocycles. The van der Waals surface area contributed by atoms with Crippen molar-refractivity contribution in [1.82, 2.24) is 0 Å². The Balaban J connectivity index is 1.67. The predicted molar refractivity (Wildman–Crippen MR) is 114 cm³/mol. The van der Waals surface area contributed by atoms with E-state index in [0.29, 0.717) is 17.1 Å². The summed E-state index contributed by atoms with van der Waals surface area (Å²) < 4.78 is 15.9. The average molecular weight is 440 g/mol. The van der Waals surface area contributed by atoms with Crippen LogP contribution in [0.5, 0.6) is 11.5 Å². The van der Waals surface area contributed by atoms with Gasteiger partial charge in [0.15, 0.2) is 6.07 Å². The second-order valence-electron chi connectivity index (χ2n) is 7.69. The Kier molecular flexibility index (Phi) is 6.98. The Hall–Kier alpha value is -3.30. The summed E-state index contributed by atoms with van der Waals surface area (Å²) in [7, 11) is 0. The van der Waals surface area contributed by atoms with Gasteiger partial charge in [-0.1, -0.05) is 61.9 Å². The van der Waals surface area contributed by atoms with Gasteiger partial charge >= 0.3 is 11.9 Å². The molecule has 0 heterocycles. The van der Waals surface area contributed by atoms with Crippen LogP contribution in [0.3, 0.4) is 0 Å². The van der Waals surface area contributed by atoms with E-state index in [2.05, 4.69) is 4.74 Å². The minimum Gasteiger partial charge on any atom is -0.457 e. The minimum atomic E-state index is -1.07. The smallest absolute Gasteiger partial charge is 0.331 e. The zero-order chi connectivity index (χ0) is 22.4. The number of esters is 2. The first-order valence-corrected chi connectivity index (χ1v) is 10.2. The van der Waals surface area contributed by atoms with Gasteiger partial charge in [-0.15, -0.1) is 0 Å². The monoisotopic (exact) mass is 439 g/mol. The van der Waals surface area contributed by atoms with Crippen LogP contribution in [0.4, 0.5) is 0 Å². The van der Waals surface area contributed by atoms with Gasteiger partial charge in [0.05, 0.1) is 5.92 Å². The number of carbonyl (C=O) groups excluding carboxylic acids is 2. The van der Waals surface area contributed by atoms with Crippen LogP contribution in [0.25, 0.3) is 0 Å². The Morgan fingerprint density at radius 2 is 1.87 bits per heavy atom. The standard InChI is InChI=1S/C24H22ClNO5/c1-24(2)19(11-12-21(27)29-15-25)22(24)23(28)31-20(14-26)16-7-6-10-18(13-16)30-17-8-4-3-5-9-17/h3-13,19-20,22H,15H2,1-2H3/b12-11-/t19-,20+,22-/m0/s1. The SMILES string of the molecule is CC1(C)[C@H](C(=O)O[C@H](C#N)c2cccc(Oc3ccccc3)c2)[C@@H]1/C=C\C(=O)OCCl. The highest BCUT2D eigenvalue weighted by atomic mass is 35.5. The first kappa shape index (κ1) is 22.4. The maximum absolute atomic E-state index is 12.7. The molecule has 3 rings (SSSR count). The number of alkyl halides is 1. The number of rotatable bonds is 8. The molecule has 31 heavy (non-hydrogen) atoms. The van der Waals surface area contributed by atoms with E-state index in [4.69, 9.17) is 21.1 Å². The number of hydrogen-bond donors (Lipinski definition) is 0. The van der Waals surface area contributed by atoms with E-state index in [9.17, 15) is 14.9 Å². The van der Waals surface area contributed by atoms with Crippen molar-refractivity contribution in [1.29, 1.82) is 5.26 Å². The van der Waals surface area contributed by atoms with E-state index < -0.39 is 29.4 Å². The molecule has 0 saturated heterocycles. The number of nitriles is 1. The molecule has 1 aliphatic rings. The molecule has 7 heteroatoms. The fourth-order valence-corrected chi connectivity index (χ4v) is 3.60. The highest BCUT2D eigenvalue weighted by Crippen LogP contribution is 2.59. The number of nitrogens with zero attached hydrogens (tertiary/aromatic N) is 1. The van der Waals surface area contributed by atoms with Crippen molar-refractivity contribution in [3.05, 3.63) is 72.3 Å². The van der Waals surface area contributed by atoms with Crippen LogP contribution < -0.4 is 4.74 Å². The predicted octanol–water partition coefficient (Wildman–Crippen LogP) is 5.15. The number of ether oxygens (including phenoxy) is 3. The van der Waals surface area contributed by atoms with E-state index >= 15 is 0 Å². The maximum atomic E-state index is 12.7. The number of hydrogen-bond acceptors (Lipinski definition) is 6. The molecule has 3 atom stereocenters. The summed E-state index contributed by atoms with van der Waals surface area (Å²) in [5.74, 6) is -0.541. The molecule has 0 aliphatic heterocycles. The van der Waals surface area contributed by atoms with E-state index in [1.54, 1.807) is 30.3 Å². The van der Waals surface area contributed by atoms with Crippen molar-refractivity contribution in [3.63, 3.8) is 0 Å². The Morgan fingerprint density at radius 3 is 2.55 bits per heavy atom. The molecule has 160 valence electrons. The van der Waals surface area contributed by atoms with Gasteiger partial charge in [0, 0.05) is 11.6 Å². The third-order valence-corrected chi connectivity index (χ3v) is 5.40. The van der Waals surface area contributed by atoms with Gasteiger partial charge in [0.25, 0.3) is 0 Å². The van der Waals surface area contributed by atoms with Crippen LogP contribution in [-0.4, -0.2) is 18.0 Å². The number of para-hydroxylation sites is 1. The van der Waals surface area contributed by atoms with Gasteiger partial charge in [-0.3, -0.25) is 4.79 Å². The highest BCUT2D eigenvalue weighted by molar-refractivity contribution is 6.17. The molecule has 2 aromatic rings. The van der Waals surface area contributed by atoms with Gasteiger partial charge < -0.3 is 14.2 Å². The number of carbonyl (C=O) groups is 2. The summed E-state index contributed by atoms with van der Waals surface area (Å²) in [6.45, 7) is 3.80. The Bertz CT molecular complexity index is 1010. The summed E-state index contributed by atoms with van der Waals surface area (Å²) in [4.78, 5) is 24.2. The molecule has 0 aromatic heterocycles. The molecule has 0 spiro atoms. The van der Waals surface area contributed by atoms with Gasteiger partial charge in [-0.2, -0.15) is 5.26 Å². The fraction of sp³-hybridized carbons (Fsp3) is 0.292. The second kappa shape index (κ2) is 9.67. The summed E-state index contributed by atoms with van der Waals surface area (Å²) in [6, 6.07) is 17.9. The topological polar surface area (TPSA) is 85.6 Å². The molecule has 1 aliphatic carbocycles. The molecule has 2 aromatic carbocycles. The van der Waals surface area contributed by atoms with Gasteiger partial charge in [0.1, 0.15) is 17.6 Å². The Labute approximate surface area is 186 Å². The number of benzene rings is 2. The van der Waals surface area contributed by atoms with Crippen molar-refractivity contribution < 1.29 is 23.8 Å². The second-order valence-corrected chi connectivity index (χ2v) is 7.91. The van der Waals surface area contributed by atoms with Crippen molar-refractivity contribution in [2.24, 2.45) is 17.3 Å². The first-order chi connectivity index (χ1) is 14.9. The fourth-order valence-electron chi connectivity index (χ4n) is 3.50. The molecule has 0 bridgehead atoms. The van der Waals surface area contributed by atoms with Crippen LogP contribution in [-0.2, 0) is 19.1 Å². The van der Waals surface area contributed by atoms with Crippen LogP contribution in [0.2, 0.25) is 0 Å². The lowest BCUT2D eigenvalue weighted by molar-refractivity contribution is -0.149. The maximum Gasteiger partial charge on any atom is 0.331 e. The quantitative estimate of drug-likeness (QED) is 0.321. The molecule has 0 N–H and O–H groups in total. The number of halogens is 1. The van der Waals surface area contributed by atoms with E-state index in [-0.39, 0.29) is 12.0 Å². The van der Waals surface area contributed by atoms with Crippen LogP contribution in [0.15, 0.2) is 66.7 Å². The molecule has 1 fully saturated rings. The molecular weight excluding hydrogens is 418 g/mol. The summed E-state index contributed by atoms with van der Waals surface area (Å²) in [5.41, 5.74) is 0.119. The minimum absolute atomic E-state index is 0.199. The van der Waals surface area contributed by atoms with Crippen molar-refractivity contribution in [2.75, 3.05) is 6.07 Å². The van der Waals surface area contributed by atoms with Crippen LogP contribution >= 0.6 is 11.6 Å². The lowest BCUT2D eigenvalue weighted by Gasteiger charge is -2.13. The van der Waals surface area contributed by atoms with E-state index in [1.807, 2.05) is 50.2 Å². The van der Waals surface area contributed by atoms with Crippen LogP contribution in [0, 0.1) is 28.6 Å². The third-order valence-electron chi connectivity index (χ3n) is 5.29. The van der Waals surface area contributed by atoms with Gasteiger partial charge in [0.2, 0.25) is 6.10 Å². The lowest BCUT2D eigenvalue weighted by Crippen LogP contribution is -2.14. The molecule has 0 radical (unpaired) electrons. The van der Waals surface area contributed by atoms with Gasteiger partial charge in [-0.25, -0.2) is 4.79 Å². The largest absolute Gasteiger partial charge is 0.457 e. The molecule has 0 unspecified atom stereocenters. The van der Waals surface area contributed by atoms with Crippen molar-refractivity contribution in [2.45, 2.75) is 20.0 Å². The summed E-state index contributed by atoms with van der Waals surface area (Å²) in [5, 5.41) is 9.59. The van der Waals surface area contributed by atoms with Crippen LogP contribution in [0.1, 0.15) is 25.5 Å². The zero-order valence-electron chi connectivity index (χ0n) is 17.2. The average Bonchev–Trinajstić information content (AvgIpc) is 3.32. The Morgan fingerprint density at radius 1 is 1.16 bits per heavy atom. The van der Waals surface area contributed by atoms with Gasteiger partial charge in [-0.05, 0) is 35.6 Å².